The number of nitrogens with zero attached hydrogens (tertiary/aromatic N) is 3. The third-order valence-electron chi connectivity index (χ3n) is 14.6. The summed E-state index contributed by atoms with van der Waals surface area (Å²) in [4.78, 5) is 42.5. The zero-order valence-corrected chi connectivity index (χ0v) is 43.8. The van der Waals surface area contributed by atoms with Crippen LogP contribution in [0, 0.1) is 0 Å². The van der Waals surface area contributed by atoms with Gasteiger partial charge in [0.05, 0.1) is 51.9 Å². The molecule has 0 amide bonds. The Hall–Kier alpha value is -5.77. The lowest BCUT2D eigenvalue weighted by Gasteiger charge is -2.41. The summed E-state index contributed by atoms with van der Waals surface area (Å²) in [6.45, 7) is 12.3. The van der Waals surface area contributed by atoms with Crippen LogP contribution in [-0.4, -0.2) is 112 Å². The van der Waals surface area contributed by atoms with Gasteiger partial charge in [0.15, 0.2) is 0 Å². The van der Waals surface area contributed by atoms with Crippen LogP contribution in [0.2, 0.25) is 0 Å². The number of Topliss-reactive ketones (excluding diaryl/α,β-unsaturated/α-hetero) is 3. The highest BCUT2D eigenvalue weighted by molar-refractivity contribution is 7.86. The van der Waals surface area contributed by atoms with Crippen molar-refractivity contribution in [1.82, 2.24) is 0 Å². The maximum Gasteiger partial charge on any atom is 0.264 e. The molecule has 3 fully saturated rings. The van der Waals surface area contributed by atoms with Crippen molar-refractivity contribution in [3.8, 4) is 0 Å². The zero-order chi connectivity index (χ0) is 53.3. The summed E-state index contributed by atoms with van der Waals surface area (Å²) in [5.41, 5.74) is 13.7. The summed E-state index contributed by atoms with van der Waals surface area (Å²) in [7, 11) is -3.61. The standard InChI is InChI=1S/C19H22O7S.C18H19N3O4.C18H20O5/c1-18(2)9-8-14-16(26-18)13-6-4-5-7-15(13)19(17(14)20)23-10-12(25-19)11-24-27(3,21)22;1-17(2)8-7-13-15(25-17)12-5-3-4-6-14(12)18(16(13)22)23-10-11(24-18)9-20-21-19;1-17(2)8-7-13-15(23-17)12-5-3-4-6-14(12)18(16(13)20)21-10-11(9-19)22-18/h4-7,12H,8-11H2,1-3H3;3-6,11H,7-10H2,1-2H3;3-6,11,19H,7-10H2,1-2H3. The molecular formula is C55H61N3O16S. The van der Waals surface area contributed by atoms with Crippen molar-refractivity contribution < 1.29 is 74.7 Å². The predicted molar refractivity (Wildman–Crippen MR) is 268 cm³/mol. The number of carbonyl (C=O) groups is 3. The Balaban J connectivity index is 0.000000129. The SMILES string of the molecule is CC1(C)CCC2=C(O1)c1ccccc1C1(OCC(CN=[N+]=[N-])O1)C2=O.CC1(C)CCC2=C(O1)c1ccccc1C1(OCC(CO)O1)C2=O.CC1(C)CCC2=C(O1)c1ccccc1C1(OCC(COS(C)(=O)=O)O1)C2=O. The minimum Gasteiger partial charge on any atom is -0.487 e. The predicted octanol–water partition coefficient (Wildman–Crippen LogP) is 7.69. The molecule has 6 aliphatic heterocycles. The van der Waals surface area contributed by atoms with E-state index in [4.69, 9.17) is 52.3 Å². The molecule has 3 saturated heterocycles. The number of hydrogen-bond acceptors (Lipinski definition) is 17. The Labute approximate surface area is 434 Å². The van der Waals surface area contributed by atoms with E-state index in [1.54, 1.807) is 12.1 Å². The second-order valence-corrected chi connectivity index (χ2v) is 23.4. The van der Waals surface area contributed by atoms with E-state index in [2.05, 4.69) is 10.0 Å². The van der Waals surface area contributed by atoms with Crippen molar-refractivity contribution in [3.05, 3.63) is 133 Å². The third-order valence-corrected chi connectivity index (χ3v) is 15.2. The lowest BCUT2D eigenvalue weighted by Crippen LogP contribution is -2.45. The molecule has 0 saturated carbocycles. The monoisotopic (exact) mass is 1050 g/mol. The first-order valence-electron chi connectivity index (χ1n) is 25.2. The fourth-order valence-electron chi connectivity index (χ4n) is 10.9. The van der Waals surface area contributed by atoms with Gasteiger partial charge in [0.25, 0.3) is 27.5 Å². The molecule has 3 aromatic rings. The maximum absolute atomic E-state index is 13.4. The molecule has 12 rings (SSSR count). The van der Waals surface area contributed by atoms with E-state index >= 15 is 0 Å². The number of ether oxygens (including phenoxy) is 9. The molecule has 3 aliphatic carbocycles. The van der Waals surface area contributed by atoms with Crippen molar-refractivity contribution in [2.45, 2.75) is 133 Å². The number of aliphatic hydroxyl groups is 1. The molecule has 9 aliphatic rings. The first kappa shape index (κ1) is 52.7. The average molecular weight is 1050 g/mol. The number of carbonyl (C=O) groups excluding carboxylic acids is 3. The molecule has 0 bridgehead atoms. The first-order valence-corrected chi connectivity index (χ1v) is 27.0. The Morgan fingerprint density at radius 2 is 0.933 bits per heavy atom. The van der Waals surface area contributed by atoms with Crippen LogP contribution < -0.4 is 0 Å². The molecule has 20 heteroatoms. The van der Waals surface area contributed by atoms with Crippen LogP contribution in [-0.2, 0) is 88.7 Å². The highest BCUT2D eigenvalue weighted by Crippen LogP contribution is 2.53. The van der Waals surface area contributed by atoms with Gasteiger partial charge in [-0.05, 0) is 85.6 Å². The Morgan fingerprint density at radius 1 is 0.587 bits per heavy atom. The van der Waals surface area contributed by atoms with Gasteiger partial charge in [-0.15, -0.1) is 0 Å². The molecule has 3 spiro atoms. The third kappa shape index (κ3) is 9.53. The van der Waals surface area contributed by atoms with Crippen molar-refractivity contribution >= 4 is 44.7 Å². The van der Waals surface area contributed by atoms with Gasteiger partial charge in [-0.1, -0.05) is 77.9 Å². The fraction of sp³-hybridized carbons (Fsp3) is 0.509. The van der Waals surface area contributed by atoms with E-state index in [-0.39, 0.29) is 73.7 Å². The van der Waals surface area contributed by atoms with Crippen LogP contribution in [0.25, 0.3) is 27.7 Å². The number of azide groups is 1. The summed E-state index contributed by atoms with van der Waals surface area (Å²) in [5, 5.41) is 12.9. The summed E-state index contributed by atoms with van der Waals surface area (Å²) in [6.07, 6.45) is 3.39. The number of benzene rings is 3. The first-order chi connectivity index (χ1) is 35.5. The number of fused-ring (bicyclic) bond motifs is 9. The van der Waals surface area contributed by atoms with E-state index < -0.39 is 45.8 Å². The van der Waals surface area contributed by atoms with E-state index in [1.807, 2.05) is 102 Å². The van der Waals surface area contributed by atoms with Gasteiger partial charge in [-0.25, -0.2) is 0 Å². The minimum atomic E-state index is -3.61. The topological polar surface area (TPSA) is 247 Å². The summed E-state index contributed by atoms with van der Waals surface area (Å²) in [6, 6.07) is 22.4. The number of aliphatic hydroxyl groups excluding tert-OH is 1. The Morgan fingerprint density at radius 3 is 1.29 bits per heavy atom. The van der Waals surface area contributed by atoms with Crippen LogP contribution in [0.5, 0.6) is 0 Å². The average Bonchev–Trinajstić information content (AvgIpc) is 4.16. The van der Waals surface area contributed by atoms with Crippen LogP contribution in [0.4, 0.5) is 0 Å². The van der Waals surface area contributed by atoms with Gasteiger partial charge in [0.1, 0.15) is 46.3 Å². The van der Waals surface area contributed by atoms with Gasteiger partial charge >= 0.3 is 0 Å². The van der Waals surface area contributed by atoms with Gasteiger partial charge in [0.2, 0.25) is 17.3 Å². The lowest BCUT2D eigenvalue weighted by molar-refractivity contribution is -0.189. The number of ketones is 3. The van der Waals surface area contributed by atoms with Crippen molar-refractivity contribution in [2.24, 2.45) is 5.11 Å². The number of hydrogen-bond donors (Lipinski definition) is 1. The molecule has 1 N–H and O–H groups in total. The van der Waals surface area contributed by atoms with Gasteiger partial charge < -0.3 is 47.7 Å². The largest absolute Gasteiger partial charge is 0.487 e. The van der Waals surface area contributed by atoms with Crippen molar-refractivity contribution in [3.63, 3.8) is 0 Å². The quantitative estimate of drug-likeness (QED) is 0.108. The molecule has 6 heterocycles. The molecule has 3 aromatic carbocycles. The molecule has 6 atom stereocenters. The molecule has 75 heavy (non-hydrogen) atoms. The van der Waals surface area contributed by atoms with Gasteiger partial charge in [-0.3, -0.25) is 18.6 Å². The van der Waals surface area contributed by atoms with Crippen LogP contribution in [0.3, 0.4) is 0 Å². The molecule has 6 unspecified atom stereocenters. The van der Waals surface area contributed by atoms with E-state index in [1.165, 1.54) is 0 Å². The smallest absolute Gasteiger partial charge is 0.264 e. The lowest BCUT2D eigenvalue weighted by atomic mass is 9.79. The highest BCUT2D eigenvalue weighted by atomic mass is 32.2. The van der Waals surface area contributed by atoms with E-state index in [0.29, 0.717) is 76.4 Å². The maximum atomic E-state index is 13.4. The second-order valence-electron chi connectivity index (χ2n) is 21.7. The van der Waals surface area contributed by atoms with E-state index in [0.717, 1.165) is 35.8 Å². The van der Waals surface area contributed by atoms with Crippen molar-refractivity contribution in [1.29, 1.82) is 0 Å². The van der Waals surface area contributed by atoms with Crippen LogP contribution in [0.1, 0.15) is 113 Å². The number of rotatable bonds is 6. The molecule has 398 valence electrons. The highest BCUT2D eigenvalue weighted by Gasteiger charge is 2.59. The molecular weight excluding hydrogens is 991 g/mol. The molecule has 0 radical (unpaired) electrons. The summed E-state index contributed by atoms with van der Waals surface area (Å²) < 4.78 is 81.2. The Bertz CT molecular complexity index is 3120. The minimum absolute atomic E-state index is 0.0601. The van der Waals surface area contributed by atoms with Gasteiger partial charge in [-0.2, -0.15) is 8.42 Å². The van der Waals surface area contributed by atoms with Gasteiger partial charge in [0, 0.05) is 55.0 Å². The normalized spacial score (nSPS) is 30.2. The molecule has 0 aromatic heterocycles. The Kier molecular flexibility index (Phi) is 13.6. The second kappa shape index (κ2) is 19.4. The summed E-state index contributed by atoms with van der Waals surface area (Å²) in [5.74, 6) is -3.30. The van der Waals surface area contributed by atoms with Crippen LogP contribution in [0.15, 0.2) is 94.6 Å². The fourth-order valence-corrected chi connectivity index (χ4v) is 11.3. The summed E-state index contributed by atoms with van der Waals surface area (Å²) >= 11 is 0. The van der Waals surface area contributed by atoms with Crippen molar-refractivity contribution in [2.75, 3.05) is 45.8 Å². The van der Waals surface area contributed by atoms with Crippen LogP contribution >= 0.6 is 0 Å². The van der Waals surface area contributed by atoms with E-state index in [9.17, 15) is 27.9 Å². The zero-order valence-electron chi connectivity index (χ0n) is 43.0. The molecule has 19 nitrogen and oxygen atoms in total.